The van der Waals surface area contributed by atoms with E-state index in [1.165, 1.54) is 0 Å². The molecule has 0 atom stereocenters. The minimum absolute atomic E-state index is 0.121. The molecule has 2 N–H and O–H groups in total. The molecule has 2 heterocycles. The van der Waals surface area contributed by atoms with Gasteiger partial charge in [-0.3, -0.25) is 4.79 Å². The Morgan fingerprint density at radius 3 is 2.88 bits per heavy atom. The molecular formula is C11H6ClIN2O. The molecule has 0 saturated carbocycles. The summed E-state index contributed by atoms with van der Waals surface area (Å²) in [4.78, 5) is 17.5. The number of fused-ring (bicyclic) bond motifs is 3. The number of halogens is 2. The second kappa shape index (κ2) is 3.49. The fourth-order valence-corrected chi connectivity index (χ4v) is 2.47. The lowest BCUT2D eigenvalue weighted by Gasteiger charge is -2.02. The first-order valence-corrected chi connectivity index (χ1v) is 6.10. The molecule has 0 radical (unpaired) electrons. The maximum absolute atomic E-state index is 11.7. The number of hydrogen-bond donors (Lipinski definition) is 2. The Balaban J connectivity index is 2.64. The van der Waals surface area contributed by atoms with E-state index in [0.29, 0.717) is 10.5 Å². The third-order valence-electron chi connectivity index (χ3n) is 2.57. The maximum Gasteiger partial charge on any atom is 0.272 e. The Hall–Kier alpha value is -1.01. The third-order valence-corrected chi connectivity index (χ3v) is 4.10. The molecule has 3 aromatic rings. The van der Waals surface area contributed by atoms with Gasteiger partial charge in [0, 0.05) is 20.5 Å². The van der Waals surface area contributed by atoms with Crippen molar-refractivity contribution in [2.75, 3.05) is 0 Å². The lowest BCUT2D eigenvalue weighted by Crippen LogP contribution is -2.06. The third kappa shape index (κ3) is 1.36. The van der Waals surface area contributed by atoms with Crippen LogP contribution < -0.4 is 5.56 Å². The first-order valence-electron chi connectivity index (χ1n) is 4.65. The molecule has 0 saturated heterocycles. The lowest BCUT2D eigenvalue weighted by molar-refractivity contribution is 1.31. The number of aromatic nitrogens is 2. The molecular weight excluding hydrogens is 338 g/mol. The van der Waals surface area contributed by atoms with E-state index in [9.17, 15) is 4.79 Å². The molecule has 2 aromatic heterocycles. The van der Waals surface area contributed by atoms with E-state index in [4.69, 9.17) is 11.6 Å². The van der Waals surface area contributed by atoms with E-state index < -0.39 is 0 Å². The number of pyridine rings is 1. The topological polar surface area (TPSA) is 48.6 Å². The van der Waals surface area contributed by atoms with Crippen molar-refractivity contribution in [3.8, 4) is 0 Å². The lowest BCUT2D eigenvalue weighted by atomic mass is 10.1. The predicted molar refractivity (Wildman–Crippen MR) is 74.2 cm³/mol. The van der Waals surface area contributed by atoms with Crippen LogP contribution in [0.2, 0.25) is 5.02 Å². The van der Waals surface area contributed by atoms with Crippen LogP contribution in [0.1, 0.15) is 0 Å². The SMILES string of the molecule is O=c1[nH]c2cc(Cl)c(I)cc2c2cc[nH]c12. The van der Waals surface area contributed by atoms with E-state index in [-0.39, 0.29) is 5.56 Å². The number of H-pyrrole nitrogens is 2. The maximum atomic E-state index is 11.7. The van der Waals surface area contributed by atoms with Gasteiger partial charge in [0.05, 0.1) is 10.5 Å². The van der Waals surface area contributed by atoms with Crippen molar-refractivity contribution in [2.24, 2.45) is 0 Å². The quantitative estimate of drug-likeness (QED) is 0.604. The first kappa shape index (κ1) is 10.2. The van der Waals surface area contributed by atoms with Crippen molar-refractivity contribution in [1.82, 2.24) is 9.97 Å². The fraction of sp³-hybridized carbons (Fsp3) is 0. The van der Waals surface area contributed by atoms with Gasteiger partial charge in [0.1, 0.15) is 5.52 Å². The number of aromatic amines is 2. The monoisotopic (exact) mass is 344 g/mol. The highest BCUT2D eigenvalue weighted by Gasteiger charge is 2.08. The minimum Gasteiger partial charge on any atom is -0.357 e. The van der Waals surface area contributed by atoms with Gasteiger partial charge in [0.25, 0.3) is 5.56 Å². The van der Waals surface area contributed by atoms with Crippen LogP contribution in [0.3, 0.4) is 0 Å². The van der Waals surface area contributed by atoms with Crippen molar-refractivity contribution in [3.05, 3.63) is 43.3 Å². The van der Waals surface area contributed by atoms with Gasteiger partial charge in [-0.05, 0) is 40.8 Å². The zero-order valence-corrected chi connectivity index (χ0v) is 10.9. The Kier molecular flexibility index (Phi) is 2.22. The molecule has 1 aromatic carbocycles. The zero-order valence-electron chi connectivity index (χ0n) is 7.97. The van der Waals surface area contributed by atoms with E-state index >= 15 is 0 Å². The molecule has 0 unspecified atom stereocenters. The number of hydrogen-bond acceptors (Lipinski definition) is 1. The zero-order chi connectivity index (χ0) is 11.3. The van der Waals surface area contributed by atoms with Gasteiger partial charge in [-0.25, -0.2) is 0 Å². The molecule has 16 heavy (non-hydrogen) atoms. The predicted octanol–water partition coefficient (Wildman–Crippen LogP) is 3.27. The van der Waals surface area contributed by atoms with Crippen molar-refractivity contribution in [2.45, 2.75) is 0 Å². The van der Waals surface area contributed by atoms with Crippen LogP contribution >= 0.6 is 34.2 Å². The van der Waals surface area contributed by atoms with Gasteiger partial charge >= 0.3 is 0 Å². The Labute approximate surface area is 109 Å². The van der Waals surface area contributed by atoms with E-state index in [1.54, 1.807) is 12.3 Å². The summed E-state index contributed by atoms with van der Waals surface area (Å²) < 4.78 is 0.973. The highest BCUT2D eigenvalue weighted by atomic mass is 127. The minimum atomic E-state index is -0.121. The van der Waals surface area contributed by atoms with Gasteiger partial charge < -0.3 is 9.97 Å². The Morgan fingerprint density at radius 2 is 2.06 bits per heavy atom. The van der Waals surface area contributed by atoms with Gasteiger partial charge in [-0.15, -0.1) is 0 Å². The van der Waals surface area contributed by atoms with E-state index in [2.05, 4.69) is 32.6 Å². The Morgan fingerprint density at radius 1 is 1.25 bits per heavy atom. The molecule has 3 nitrogen and oxygen atoms in total. The van der Waals surface area contributed by atoms with E-state index in [1.807, 2.05) is 12.1 Å². The molecule has 0 bridgehead atoms. The van der Waals surface area contributed by atoms with Gasteiger partial charge in [-0.1, -0.05) is 11.6 Å². The largest absolute Gasteiger partial charge is 0.357 e. The van der Waals surface area contributed by atoms with E-state index in [0.717, 1.165) is 19.9 Å². The van der Waals surface area contributed by atoms with Crippen LogP contribution in [0, 0.1) is 3.57 Å². The highest BCUT2D eigenvalue weighted by Crippen LogP contribution is 2.27. The normalized spacial score (nSPS) is 11.4. The molecule has 5 heteroatoms. The van der Waals surface area contributed by atoms with Gasteiger partial charge in [0.15, 0.2) is 0 Å². The fourth-order valence-electron chi connectivity index (χ4n) is 1.84. The van der Waals surface area contributed by atoms with Gasteiger partial charge in [-0.2, -0.15) is 0 Å². The molecule has 0 aliphatic rings. The molecule has 0 aliphatic heterocycles. The smallest absolute Gasteiger partial charge is 0.272 e. The number of rotatable bonds is 0. The van der Waals surface area contributed by atoms with Crippen LogP contribution in [0.4, 0.5) is 0 Å². The van der Waals surface area contributed by atoms with Crippen LogP contribution in [0.5, 0.6) is 0 Å². The average molecular weight is 345 g/mol. The molecule has 3 rings (SSSR count). The molecule has 0 spiro atoms. The second-order valence-corrected chi connectivity index (χ2v) is 5.10. The van der Waals surface area contributed by atoms with Crippen molar-refractivity contribution >= 4 is 56.0 Å². The standard InChI is InChI=1S/C11H6ClIN2O/c12-7-4-9-6(3-8(7)13)5-1-2-14-10(5)11(16)15-9/h1-4,14H,(H,15,16). The molecule has 0 aliphatic carbocycles. The number of nitrogens with one attached hydrogen (secondary N) is 2. The first-order chi connectivity index (χ1) is 7.66. The van der Waals surface area contributed by atoms with Gasteiger partial charge in [0.2, 0.25) is 0 Å². The molecule has 0 fully saturated rings. The van der Waals surface area contributed by atoms with Crippen LogP contribution in [-0.2, 0) is 0 Å². The highest BCUT2D eigenvalue weighted by molar-refractivity contribution is 14.1. The summed E-state index contributed by atoms with van der Waals surface area (Å²) in [5.41, 5.74) is 1.25. The second-order valence-electron chi connectivity index (χ2n) is 3.53. The number of benzene rings is 1. The van der Waals surface area contributed by atoms with Crippen LogP contribution in [0.15, 0.2) is 29.2 Å². The summed E-state index contributed by atoms with van der Waals surface area (Å²) in [5.74, 6) is 0. The summed E-state index contributed by atoms with van der Waals surface area (Å²) >= 11 is 8.21. The molecule has 0 amide bonds. The van der Waals surface area contributed by atoms with Crippen molar-refractivity contribution in [1.29, 1.82) is 0 Å². The van der Waals surface area contributed by atoms with Crippen LogP contribution in [0.25, 0.3) is 21.8 Å². The summed E-state index contributed by atoms with van der Waals surface area (Å²) in [7, 11) is 0. The van der Waals surface area contributed by atoms with Crippen molar-refractivity contribution in [3.63, 3.8) is 0 Å². The van der Waals surface area contributed by atoms with Crippen molar-refractivity contribution < 1.29 is 0 Å². The Bertz CT molecular complexity index is 760. The average Bonchev–Trinajstić information content (AvgIpc) is 2.71. The summed E-state index contributed by atoms with van der Waals surface area (Å²) in [5, 5.41) is 2.58. The summed E-state index contributed by atoms with van der Waals surface area (Å²) in [6.45, 7) is 0. The molecule has 80 valence electrons. The summed E-state index contributed by atoms with van der Waals surface area (Å²) in [6.07, 6.45) is 1.76. The summed E-state index contributed by atoms with van der Waals surface area (Å²) in [6, 6.07) is 5.66. The van der Waals surface area contributed by atoms with Crippen LogP contribution in [-0.4, -0.2) is 9.97 Å².